The Kier molecular flexibility index (Phi) is 10.9. The van der Waals surface area contributed by atoms with Gasteiger partial charge in [-0.25, -0.2) is 0 Å². The molecule has 8 rings (SSSR count). The number of hydrogen-bond donors (Lipinski definition) is 0. The monoisotopic (exact) mass is 716 g/mol. The zero-order valence-electron chi connectivity index (χ0n) is 31.9. The summed E-state index contributed by atoms with van der Waals surface area (Å²) in [6.45, 7) is 4.40. The molecule has 0 atom stereocenters. The quantitative estimate of drug-likeness (QED) is 0.124. The van der Waals surface area contributed by atoms with Crippen LogP contribution in [0.3, 0.4) is 0 Å². The van der Waals surface area contributed by atoms with Crippen LogP contribution in [0.1, 0.15) is 66.8 Å². The second-order valence-corrected chi connectivity index (χ2v) is 14.3. The van der Waals surface area contributed by atoms with Crippen LogP contribution in [0.4, 0.5) is 0 Å². The molecule has 0 aromatic heterocycles. The van der Waals surface area contributed by atoms with E-state index >= 15 is 0 Å². The molecule has 0 unspecified atom stereocenters. The van der Waals surface area contributed by atoms with Crippen LogP contribution in [0.25, 0.3) is 58.4 Å². The van der Waals surface area contributed by atoms with Crippen molar-refractivity contribution in [3.8, 4) is 0 Å². The Morgan fingerprint density at radius 3 is 1.16 bits per heavy atom. The normalized spacial score (nSPS) is 11.2. The van der Waals surface area contributed by atoms with Gasteiger partial charge in [0.1, 0.15) is 0 Å². The van der Waals surface area contributed by atoms with Gasteiger partial charge >= 0.3 is 0 Å². The van der Waals surface area contributed by atoms with Crippen molar-refractivity contribution in [2.45, 2.75) is 13.8 Å². The van der Waals surface area contributed by atoms with Gasteiger partial charge in [-0.1, -0.05) is 206 Å². The van der Waals surface area contributed by atoms with Gasteiger partial charge in [0, 0.05) is 0 Å². The Labute approximate surface area is 331 Å². The van der Waals surface area contributed by atoms with Gasteiger partial charge in [-0.15, -0.1) is 0 Å². The molecule has 0 spiro atoms. The van der Waals surface area contributed by atoms with Gasteiger partial charge in [0.2, 0.25) is 0 Å². The van der Waals surface area contributed by atoms with Crippen molar-refractivity contribution >= 4 is 58.4 Å². The van der Waals surface area contributed by atoms with E-state index in [1.54, 1.807) is 0 Å². The fourth-order valence-corrected chi connectivity index (χ4v) is 7.35. The Hall–Kier alpha value is -7.02. The van der Waals surface area contributed by atoms with E-state index in [0.29, 0.717) is 0 Å². The van der Waals surface area contributed by atoms with Gasteiger partial charge in [0.05, 0.1) is 0 Å². The minimum atomic E-state index is 1.17. The standard InChI is InChI=1S/C56H44/c1-41-35-43(29-32-50(41)39-55(46-17-7-3-8-18-46)47-19-9-4-10-20-47)27-28-45-37-52-25-15-16-26-54(52)53(38-45)34-31-44-30-33-51(42(2)36-44)40-56(48-21-11-5-12-22-48)49-23-13-6-14-24-49/h3-40H,1-2H3/b28-27+,34-31+. The Morgan fingerprint density at radius 1 is 0.321 bits per heavy atom. The molecule has 0 saturated carbocycles. The van der Waals surface area contributed by atoms with E-state index in [1.165, 1.54) is 88.7 Å². The van der Waals surface area contributed by atoms with Crippen molar-refractivity contribution in [1.82, 2.24) is 0 Å². The Bertz CT molecular complexity index is 2630. The Morgan fingerprint density at radius 2 is 0.714 bits per heavy atom. The molecule has 0 aliphatic carbocycles. The third kappa shape index (κ3) is 8.52. The molecule has 0 heteroatoms. The number of fused-ring (bicyclic) bond motifs is 1. The maximum absolute atomic E-state index is 2.31. The van der Waals surface area contributed by atoms with Crippen molar-refractivity contribution in [3.63, 3.8) is 0 Å². The van der Waals surface area contributed by atoms with Gasteiger partial charge in [-0.05, 0) is 127 Å². The first-order valence-electron chi connectivity index (χ1n) is 19.3. The van der Waals surface area contributed by atoms with E-state index in [2.05, 4.69) is 244 Å². The minimum Gasteiger partial charge on any atom is -0.0622 e. The summed E-state index contributed by atoms with van der Waals surface area (Å²) in [5, 5.41) is 2.47. The van der Waals surface area contributed by atoms with Crippen molar-refractivity contribution < 1.29 is 0 Å². The van der Waals surface area contributed by atoms with E-state index < -0.39 is 0 Å². The highest BCUT2D eigenvalue weighted by Crippen LogP contribution is 2.30. The molecule has 0 N–H and O–H groups in total. The number of aryl methyl sites for hydroxylation is 2. The lowest BCUT2D eigenvalue weighted by Gasteiger charge is -2.11. The molecule has 0 fully saturated rings. The summed E-state index contributed by atoms with van der Waals surface area (Å²) >= 11 is 0. The Balaban J connectivity index is 1.06. The van der Waals surface area contributed by atoms with Crippen LogP contribution in [0.2, 0.25) is 0 Å². The van der Waals surface area contributed by atoms with Crippen molar-refractivity contribution in [1.29, 1.82) is 0 Å². The van der Waals surface area contributed by atoms with Crippen LogP contribution in [0.15, 0.2) is 194 Å². The molecule has 0 nitrogen and oxygen atoms in total. The lowest BCUT2D eigenvalue weighted by atomic mass is 9.93. The lowest BCUT2D eigenvalue weighted by Crippen LogP contribution is -1.90. The molecule has 0 aliphatic heterocycles. The van der Waals surface area contributed by atoms with Crippen LogP contribution >= 0.6 is 0 Å². The highest BCUT2D eigenvalue weighted by Gasteiger charge is 2.09. The molecular formula is C56H44. The molecule has 8 aromatic carbocycles. The molecule has 0 amide bonds. The van der Waals surface area contributed by atoms with E-state index in [-0.39, 0.29) is 0 Å². The predicted octanol–water partition coefficient (Wildman–Crippen LogP) is 15.0. The molecule has 268 valence electrons. The molecule has 0 heterocycles. The largest absolute Gasteiger partial charge is 0.0622 e. The average Bonchev–Trinajstić information content (AvgIpc) is 3.25. The van der Waals surface area contributed by atoms with Crippen molar-refractivity contribution in [3.05, 3.63) is 261 Å². The first-order valence-corrected chi connectivity index (χ1v) is 19.3. The first-order chi connectivity index (χ1) is 27.6. The second-order valence-electron chi connectivity index (χ2n) is 14.3. The van der Waals surface area contributed by atoms with Gasteiger partial charge < -0.3 is 0 Å². The highest BCUT2D eigenvalue weighted by molar-refractivity contribution is 5.96. The summed E-state index contributed by atoms with van der Waals surface area (Å²) in [7, 11) is 0. The number of benzene rings is 8. The molecule has 0 aliphatic rings. The van der Waals surface area contributed by atoms with E-state index in [1.807, 2.05) is 0 Å². The van der Waals surface area contributed by atoms with E-state index in [9.17, 15) is 0 Å². The summed E-state index contributed by atoms with van der Waals surface area (Å²) in [6.07, 6.45) is 13.6. The second kappa shape index (κ2) is 17.0. The van der Waals surface area contributed by atoms with E-state index in [0.717, 1.165) is 0 Å². The summed E-state index contributed by atoms with van der Waals surface area (Å²) in [5.41, 5.74) is 16.9. The third-order valence-corrected chi connectivity index (χ3v) is 10.4. The van der Waals surface area contributed by atoms with Gasteiger partial charge in [-0.2, -0.15) is 0 Å². The van der Waals surface area contributed by atoms with Crippen LogP contribution in [0.5, 0.6) is 0 Å². The fourth-order valence-electron chi connectivity index (χ4n) is 7.35. The third-order valence-electron chi connectivity index (χ3n) is 10.4. The topological polar surface area (TPSA) is 0 Å². The van der Waals surface area contributed by atoms with Crippen LogP contribution in [0, 0.1) is 13.8 Å². The number of hydrogen-bond acceptors (Lipinski definition) is 0. The summed E-state index contributed by atoms with van der Waals surface area (Å²) < 4.78 is 0. The zero-order chi connectivity index (χ0) is 38.1. The molecule has 0 bridgehead atoms. The first kappa shape index (κ1) is 36.0. The molecular weight excluding hydrogens is 673 g/mol. The maximum Gasteiger partial charge on any atom is -0.0105 e. The summed E-state index contributed by atoms with van der Waals surface area (Å²) in [4.78, 5) is 0. The zero-order valence-corrected chi connectivity index (χ0v) is 31.9. The average molecular weight is 717 g/mol. The van der Waals surface area contributed by atoms with Crippen LogP contribution in [-0.2, 0) is 0 Å². The van der Waals surface area contributed by atoms with Crippen LogP contribution < -0.4 is 0 Å². The molecule has 0 saturated heterocycles. The van der Waals surface area contributed by atoms with Gasteiger partial charge in [-0.3, -0.25) is 0 Å². The number of rotatable bonds is 10. The van der Waals surface area contributed by atoms with Gasteiger partial charge in [0.25, 0.3) is 0 Å². The molecule has 0 radical (unpaired) electrons. The predicted molar refractivity (Wildman–Crippen MR) is 244 cm³/mol. The van der Waals surface area contributed by atoms with E-state index in [4.69, 9.17) is 0 Å². The summed E-state index contributed by atoms with van der Waals surface area (Å²) in [5.74, 6) is 0. The smallest absolute Gasteiger partial charge is 0.0105 e. The van der Waals surface area contributed by atoms with Crippen molar-refractivity contribution in [2.75, 3.05) is 0 Å². The molecule has 56 heavy (non-hydrogen) atoms. The molecule has 8 aromatic rings. The summed E-state index contributed by atoms with van der Waals surface area (Å²) in [6, 6.07) is 69.3. The minimum absolute atomic E-state index is 1.17. The highest BCUT2D eigenvalue weighted by atomic mass is 14.1. The maximum atomic E-state index is 2.31. The van der Waals surface area contributed by atoms with Crippen LogP contribution in [-0.4, -0.2) is 0 Å². The lowest BCUT2D eigenvalue weighted by molar-refractivity contribution is 1.43. The van der Waals surface area contributed by atoms with Crippen molar-refractivity contribution in [2.24, 2.45) is 0 Å². The SMILES string of the molecule is Cc1cc(/C=C/c2cc(/C=C/c3ccc(C=C(c4ccccc4)c4ccccc4)c(C)c3)c3ccccc3c2)ccc1C=C(c1ccccc1)c1ccccc1. The van der Waals surface area contributed by atoms with Gasteiger partial charge in [0.15, 0.2) is 0 Å². The fraction of sp³-hybridized carbons (Fsp3) is 0.0357.